The van der Waals surface area contributed by atoms with Gasteiger partial charge in [-0.25, -0.2) is 4.39 Å². The van der Waals surface area contributed by atoms with Gasteiger partial charge in [-0.2, -0.15) is 0 Å². The summed E-state index contributed by atoms with van der Waals surface area (Å²) < 4.78 is 19.7. The molecule has 0 radical (unpaired) electrons. The highest BCUT2D eigenvalue weighted by molar-refractivity contribution is 7.19. The smallest absolute Gasteiger partial charge is 0.123 e. The van der Waals surface area contributed by atoms with Crippen LogP contribution in [0, 0.1) is 5.82 Å². The van der Waals surface area contributed by atoms with Crippen molar-refractivity contribution in [3.63, 3.8) is 0 Å². The number of hydrogen-bond donors (Lipinski definition) is 1. The van der Waals surface area contributed by atoms with E-state index >= 15 is 0 Å². The highest BCUT2D eigenvalue weighted by Gasteiger charge is 2.06. The van der Waals surface area contributed by atoms with Crippen molar-refractivity contribution in [2.75, 3.05) is 0 Å². The lowest BCUT2D eigenvalue weighted by Crippen LogP contribution is -1.95. The van der Waals surface area contributed by atoms with Gasteiger partial charge >= 0.3 is 0 Å². The molecule has 0 bridgehead atoms. The van der Waals surface area contributed by atoms with Crippen LogP contribution >= 0.6 is 11.3 Å². The van der Waals surface area contributed by atoms with Crippen LogP contribution in [0.4, 0.5) is 4.39 Å². The summed E-state index contributed by atoms with van der Waals surface area (Å²) in [5.74, 6) is 0.412. The second-order valence-corrected chi connectivity index (χ2v) is 5.66. The summed E-state index contributed by atoms with van der Waals surface area (Å²) >= 11 is 1.69. The Bertz CT molecular complexity index is 721. The first kappa shape index (κ1) is 13.1. The number of fused-ring (bicyclic) bond motifs is 1. The van der Waals surface area contributed by atoms with Gasteiger partial charge in [-0.1, -0.05) is 12.1 Å². The van der Waals surface area contributed by atoms with Crippen molar-refractivity contribution in [1.82, 2.24) is 0 Å². The molecule has 1 aromatic heterocycles. The molecule has 0 atom stereocenters. The molecule has 2 nitrogen and oxygen atoms in total. The molecule has 0 saturated heterocycles. The van der Waals surface area contributed by atoms with Crippen LogP contribution < -0.4 is 10.5 Å². The van der Waals surface area contributed by atoms with E-state index < -0.39 is 0 Å². The molecular formula is C16H14FNOS. The molecular weight excluding hydrogens is 273 g/mol. The first-order valence-corrected chi connectivity index (χ1v) is 7.16. The first-order chi connectivity index (χ1) is 9.76. The van der Waals surface area contributed by atoms with E-state index in [1.165, 1.54) is 22.2 Å². The van der Waals surface area contributed by atoms with E-state index in [2.05, 4.69) is 12.1 Å². The minimum absolute atomic E-state index is 0.258. The Morgan fingerprint density at radius 1 is 1.10 bits per heavy atom. The van der Waals surface area contributed by atoms with Crippen molar-refractivity contribution >= 4 is 21.4 Å². The molecule has 1 heterocycles. The minimum atomic E-state index is -0.258. The summed E-state index contributed by atoms with van der Waals surface area (Å²) in [5, 5.41) is 1.19. The van der Waals surface area contributed by atoms with Crippen molar-refractivity contribution in [2.24, 2.45) is 5.73 Å². The molecule has 0 unspecified atom stereocenters. The number of nitrogens with two attached hydrogens (primary N) is 1. The van der Waals surface area contributed by atoms with E-state index in [0.717, 1.165) is 10.4 Å². The quantitative estimate of drug-likeness (QED) is 0.784. The average molecular weight is 287 g/mol. The van der Waals surface area contributed by atoms with Gasteiger partial charge in [0.1, 0.15) is 18.2 Å². The van der Waals surface area contributed by atoms with Crippen LogP contribution in [-0.2, 0) is 13.2 Å². The predicted octanol–water partition coefficient (Wildman–Crippen LogP) is 4.08. The molecule has 4 heteroatoms. The summed E-state index contributed by atoms with van der Waals surface area (Å²) in [5.41, 5.74) is 6.89. The van der Waals surface area contributed by atoms with Gasteiger partial charge < -0.3 is 10.5 Å². The van der Waals surface area contributed by atoms with E-state index in [4.69, 9.17) is 10.5 Å². The molecule has 0 fully saturated rings. The van der Waals surface area contributed by atoms with Crippen molar-refractivity contribution in [3.8, 4) is 5.75 Å². The third kappa shape index (κ3) is 2.66. The lowest BCUT2D eigenvalue weighted by atomic mass is 10.1. The Morgan fingerprint density at radius 2 is 1.90 bits per heavy atom. The largest absolute Gasteiger partial charge is 0.488 e. The molecule has 0 spiro atoms. The van der Waals surface area contributed by atoms with Crippen LogP contribution in [-0.4, -0.2) is 0 Å². The molecule has 2 N–H and O–H groups in total. The molecule has 0 amide bonds. The Hall–Kier alpha value is -1.91. The SMILES string of the molecule is NCc1cccc2sc(COc3ccc(F)cc3)cc12. The zero-order valence-corrected chi connectivity index (χ0v) is 11.6. The molecule has 3 rings (SSSR count). The Labute approximate surface area is 120 Å². The summed E-state index contributed by atoms with van der Waals surface area (Å²) in [6.45, 7) is 1.02. The fourth-order valence-electron chi connectivity index (χ4n) is 2.11. The van der Waals surface area contributed by atoms with E-state index in [1.807, 2.05) is 12.1 Å². The number of hydrogen-bond acceptors (Lipinski definition) is 3. The van der Waals surface area contributed by atoms with Crippen molar-refractivity contribution in [1.29, 1.82) is 0 Å². The maximum Gasteiger partial charge on any atom is 0.123 e. The topological polar surface area (TPSA) is 35.2 Å². The fourth-order valence-corrected chi connectivity index (χ4v) is 3.13. The lowest BCUT2D eigenvalue weighted by Gasteiger charge is -2.03. The van der Waals surface area contributed by atoms with Crippen LogP contribution in [0.15, 0.2) is 48.5 Å². The molecule has 0 aliphatic heterocycles. The van der Waals surface area contributed by atoms with Crippen LogP contribution in [0.3, 0.4) is 0 Å². The van der Waals surface area contributed by atoms with Gasteiger partial charge in [0.15, 0.2) is 0 Å². The predicted molar refractivity (Wildman–Crippen MR) is 80.4 cm³/mol. The van der Waals surface area contributed by atoms with E-state index in [-0.39, 0.29) is 5.82 Å². The normalized spacial score (nSPS) is 10.9. The zero-order valence-electron chi connectivity index (χ0n) is 10.8. The van der Waals surface area contributed by atoms with Crippen molar-refractivity contribution < 1.29 is 9.13 Å². The summed E-state index contributed by atoms with van der Waals surface area (Å²) in [7, 11) is 0. The molecule has 102 valence electrons. The maximum atomic E-state index is 12.8. The van der Waals surface area contributed by atoms with Gasteiger partial charge in [-0.3, -0.25) is 0 Å². The van der Waals surface area contributed by atoms with Gasteiger partial charge in [-0.15, -0.1) is 11.3 Å². The van der Waals surface area contributed by atoms with Gasteiger partial charge in [0.05, 0.1) is 0 Å². The zero-order chi connectivity index (χ0) is 13.9. The lowest BCUT2D eigenvalue weighted by molar-refractivity contribution is 0.309. The van der Waals surface area contributed by atoms with Crippen molar-refractivity contribution in [2.45, 2.75) is 13.2 Å². The van der Waals surface area contributed by atoms with Crippen LogP contribution in [0.25, 0.3) is 10.1 Å². The minimum Gasteiger partial charge on any atom is -0.488 e. The highest BCUT2D eigenvalue weighted by Crippen LogP contribution is 2.29. The third-order valence-corrected chi connectivity index (χ3v) is 4.19. The van der Waals surface area contributed by atoms with E-state index in [9.17, 15) is 4.39 Å². The monoisotopic (exact) mass is 287 g/mol. The summed E-state index contributed by atoms with van der Waals surface area (Å²) in [6.07, 6.45) is 0. The van der Waals surface area contributed by atoms with E-state index in [0.29, 0.717) is 18.9 Å². The van der Waals surface area contributed by atoms with Crippen LogP contribution in [0.2, 0.25) is 0 Å². The van der Waals surface area contributed by atoms with Gasteiger partial charge in [0.25, 0.3) is 0 Å². The van der Waals surface area contributed by atoms with Gasteiger partial charge in [0.2, 0.25) is 0 Å². The van der Waals surface area contributed by atoms with E-state index in [1.54, 1.807) is 23.5 Å². The number of ether oxygens (including phenoxy) is 1. The number of thiophene rings is 1. The summed E-state index contributed by atoms with van der Waals surface area (Å²) in [6, 6.07) is 14.3. The maximum absolute atomic E-state index is 12.8. The standard InChI is InChI=1S/C16H14FNOS/c17-12-4-6-13(7-5-12)19-10-14-8-15-11(9-18)2-1-3-16(15)20-14/h1-8H,9-10,18H2. The fraction of sp³-hybridized carbons (Fsp3) is 0.125. The van der Waals surface area contributed by atoms with Crippen molar-refractivity contribution in [3.05, 3.63) is 64.8 Å². The van der Waals surface area contributed by atoms with Crippen LogP contribution in [0.5, 0.6) is 5.75 Å². The number of halogens is 1. The number of benzene rings is 2. The first-order valence-electron chi connectivity index (χ1n) is 6.35. The van der Waals surface area contributed by atoms with Gasteiger partial charge in [-0.05, 0) is 47.3 Å². The molecule has 20 heavy (non-hydrogen) atoms. The molecule has 3 aromatic rings. The Balaban J connectivity index is 1.79. The molecule has 2 aromatic carbocycles. The molecule has 0 aliphatic rings. The second-order valence-electron chi connectivity index (χ2n) is 4.49. The third-order valence-electron chi connectivity index (χ3n) is 3.12. The Morgan fingerprint density at radius 3 is 2.65 bits per heavy atom. The molecule has 0 aliphatic carbocycles. The highest BCUT2D eigenvalue weighted by atomic mass is 32.1. The number of rotatable bonds is 4. The second kappa shape index (κ2) is 5.61. The average Bonchev–Trinajstić information content (AvgIpc) is 2.89. The summed E-state index contributed by atoms with van der Waals surface area (Å²) in [4.78, 5) is 1.13. The molecule has 0 saturated carbocycles. The van der Waals surface area contributed by atoms with Crippen LogP contribution in [0.1, 0.15) is 10.4 Å². The Kier molecular flexibility index (Phi) is 3.67. The van der Waals surface area contributed by atoms with Gasteiger partial charge in [0, 0.05) is 16.1 Å².